The van der Waals surface area contributed by atoms with Crippen LogP contribution in [0.3, 0.4) is 0 Å². The minimum Gasteiger partial charge on any atom is -0.480 e. The Hall–Kier alpha value is -5.80. The number of aliphatic carboxylic acids is 2. The molecular weight excluding hydrogens is 907 g/mol. The zero-order valence-electron chi connectivity index (χ0n) is 30.8. The molecule has 0 aliphatic heterocycles. The zero-order chi connectivity index (χ0) is 44.5. The maximum Gasteiger partial charge on any atom is 0.355 e. The lowest BCUT2D eigenvalue weighted by molar-refractivity contribution is -0.144. The van der Waals surface area contributed by atoms with Crippen LogP contribution in [0.1, 0.15) is 19.3 Å². The smallest absolute Gasteiger partial charge is 0.355 e. The van der Waals surface area contributed by atoms with Crippen LogP contribution in [0.5, 0.6) is 23.1 Å². The summed E-state index contributed by atoms with van der Waals surface area (Å²) in [6.07, 6.45) is 2.81. The van der Waals surface area contributed by atoms with Gasteiger partial charge in [-0.1, -0.05) is 46.4 Å². The molecule has 24 heteroatoms. The van der Waals surface area contributed by atoms with E-state index in [1.54, 1.807) is 30.5 Å². The first-order valence-corrected chi connectivity index (χ1v) is 19.8. The van der Waals surface area contributed by atoms with Crippen LogP contribution in [0.15, 0.2) is 83.9 Å². The number of carboxylic acids is 2. The van der Waals surface area contributed by atoms with Gasteiger partial charge in [-0.15, -0.1) is 5.10 Å². The molecular formula is C36H29Cl4F3N6O10S. The van der Waals surface area contributed by atoms with Crippen molar-refractivity contribution in [3.63, 3.8) is 0 Å². The second kappa shape index (κ2) is 20.4. The van der Waals surface area contributed by atoms with Crippen molar-refractivity contribution >= 4 is 85.0 Å². The number of pyridine rings is 2. The minimum absolute atomic E-state index is 0.0257. The summed E-state index contributed by atoms with van der Waals surface area (Å²) in [5.41, 5.74) is -0.706. The van der Waals surface area contributed by atoms with E-state index in [1.165, 1.54) is 50.4 Å². The van der Waals surface area contributed by atoms with E-state index >= 15 is 0 Å². The number of hydrogen-bond donors (Lipinski definition) is 3. The Morgan fingerprint density at radius 2 is 1.60 bits per heavy atom. The number of sulfonamides is 1. The van der Waals surface area contributed by atoms with Crippen LogP contribution >= 0.6 is 46.4 Å². The summed E-state index contributed by atoms with van der Waals surface area (Å²) in [5.74, 6) is -2.09. The van der Waals surface area contributed by atoms with E-state index in [4.69, 9.17) is 70.8 Å². The van der Waals surface area contributed by atoms with Gasteiger partial charge in [0.25, 0.3) is 5.88 Å². The molecule has 16 nitrogen and oxygen atoms in total. The number of carbonyl (C=O) groups is 2. The van der Waals surface area contributed by atoms with Crippen molar-refractivity contribution in [2.75, 3.05) is 17.6 Å². The number of carboxylic acid groups (broad SMARTS) is 2. The van der Waals surface area contributed by atoms with Gasteiger partial charge in [-0.2, -0.15) is 13.5 Å². The standard InChI is InChI=1S/C14H11ClFNO4.C11H10Cl2F2N4O3S.C11H8ClNO3/c1-8(14(18)19)20-10-2-4-11(5-3-10)21-13-12(16)6-9(15)7-17-13;1-5-16-19(11(20)18(5)10(14)15)9-4-8(17-23(2,21)22)6(12)3-7(9)13;12-8-3-4-9(16-6-10(14)15)11-7(8)2-1-5-13-11/h2-8H,1H3,(H,18,19);3-4,10,17H,1-2H3;1-5H,6H2,(H,14,15)/t8-;;/m1../s1. The molecule has 0 fully saturated rings. The first-order valence-electron chi connectivity index (χ1n) is 16.4. The molecule has 1 atom stereocenters. The molecule has 6 aromatic rings. The van der Waals surface area contributed by atoms with Crippen molar-refractivity contribution in [2.24, 2.45) is 0 Å². The third-order valence-corrected chi connectivity index (χ3v) is 8.98. The van der Waals surface area contributed by atoms with Gasteiger partial charge in [-0.05, 0) is 80.6 Å². The summed E-state index contributed by atoms with van der Waals surface area (Å²) in [5, 5.41) is 22.4. The van der Waals surface area contributed by atoms with Gasteiger partial charge in [0.05, 0.1) is 37.7 Å². The Morgan fingerprint density at radius 1 is 0.933 bits per heavy atom. The molecule has 0 unspecified atom stereocenters. The molecule has 0 bridgehead atoms. The number of ether oxygens (including phenoxy) is 3. The SMILES string of the molecule is C[C@@H](Oc1ccc(Oc2ncc(Cl)cc2F)cc1)C(=O)O.Cc1nn(-c2cc(NS(C)(=O)=O)c(Cl)cc2Cl)c(=O)n1C(F)F.O=C(O)COc1ccc(Cl)c2cccnc12. The summed E-state index contributed by atoms with van der Waals surface area (Å²) in [6, 6.07) is 16.3. The van der Waals surface area contributed by atoms with Gasteiger partial charge < -0.3 is 24.4 Å². The molecule has 3 aromatic heterocycles. The third-order valence-electron chi connectivity index (χ3n) is 7.24. The van der Waals surface area contributed by atoms with Crippen molar-refractivity contribution < 1.29 is 55.6 Å². The number of benzene rings is 3. The fourth-order valence-electron chi connectivity index (χ4n) is 4.63. The number of nitrogens with one attached hydrogen (secondary N) is 1. The maximum atomic E-state index is 13.5. The van der Waals surface area contributed by atoms with Gasteiger partial charge in [-0.3, -0.25) is 9.71 Å². The summed E-state index contributed by atoms with van der Waals surface area (Å²) in [6.45, 7) is -0.827. The normalized spacial score (nSPS) is 11.4. The first-order chi connectivity index (χ1) is 28.1. The number of fused-ring (bicyclic) bond motifs is 1. The van der Waals surface area contributed by atoms with Crippen LogP contribution in [-0.4, -0.2) is 73.9 Å². The highest BCUT2D eigenvalue weighted by atomic mass is 35.5. The molecule has 0 aliphatic rings. The van der Waals surface area contributed by atoms with Gasteiger partial charge >= 0.3 is 24.2 Å². The number of aromatic nitrogens is 5. The monoisotopic (exact) mass is 934 g/mol. The number of alkyl halides is 2. The van der Waals surface area contributed by atoms with Gasteiger partial charge in [0.15, 0.2) is 18.5 Å². The molecule has 60 heavy (non-hydrogen) atoms. The molecule has 3 aromatic carbocycles. The van der Waals surface area contributed by atoms with E-state index in [1.807, 2.05) is 0 Å². The van der Waals surface area contributed by atoms with Crippen LogP contribution in [-0.2, 0) is 19.6 Å². The molecule has 6 rings (SSSR count). The van der Waals surface area contributed by atoms with Crippen molar-refractivity contribution in [1.29, 1.82) is 0 Å². The molecule has 0 amide bonds. The predicted molar refractivity (Wildman–Crippen MR) is 216 cm³/mol. The molecule has 0 radical (unpaired) electrons. The van der Waals surface area contributed by atoms with Gasteiger partial charge in [0.1, 0.15) is 28.6 Å². The molecule has 318 valence electrons. The Labute approximate surface area is 357 Å². The molecule has 0 saturated heterocycles. The van der Waals surface area contributed by atoms with Crippen molar-refractivity contribution in [3.8, 4) is 28.8 Å². The second-order valence-electron chi connectivity index (χ2n) is 11.8. The summed E-state index contributed by atoms with van der Waals surface area (Å²) in [7, 11) is -3.65. The van der Waals surface area contributed by atoms with Crippen LogP contribution in [0, 0.1) is 12.7 Å². The fraction of sp³-hybridized carbons (Fsp3) is 0.167. The lowest BCUT2D eigenvalue weighted by atomic mass is 10.2. The molecule has 0 spiro atoms. The summed E-state index contributed by atoms with van der Waals surface area (Å²) >= 11 is 23.4. The lowest BCUT2D eigenvalue weighted by Crippen LogP contribution is -2.25. The average Bonchev–Trinajstić information content (AvgIpc) is 3.47. The van der Waals surface area contributed by atoms with E-state index in [2.05, 4.69) is 19.8 Å². The third kappa shape index (κ3) is 12.8. The molecule has 3 N–H and O–H groups in total. The highest BCUT2D eigenvalue weighted by Gasteiger charge is 2.21. The Kier molecular flexibility index (Phi) is 16.0. The van der Waals surface area contributed by atoms with Crippen molar-refractivity contribution in [3.05, 3.63) is 121 Å². The van der Waals surface area contributed by atoms with Crippen molar-refractivity contribution in [2.45, 2.75) is 26.5 Å². The van der Waals surface area contributed by atoms with Gasteiger partial charge in [0, 0.05) is 17.8 Å². The minimum atomic E-state index is -3.65. The number of hydrogen-bond acceptors (Lipinski definition) is 11. The lowest BCUT2D eigenvalue weighted by Gasteiger charge is -2.11. The van der Waals surface area contributed by atoms with E-state index in [0.717, 1.165) is 23.8 Å². The fourth-order valence-corrected chi connectivity index (χ4v) is 6.13. The first kappa shape index (κ1) is 46.9. The number of anilines is 1. The average molecular weight is 937 g/mol. The maximum absolute atomic E-state index is 13.5. The molecule has 0 saturated carbocycles. The number of aryl methyl sites for hydroxylation is 1. The predicted octanol–water partition coefficient (Wildman–Crippen LogP) is 8.29. The molecule has 0 aliphatic carbocycles. The second-order valence-corrected chi connectivity index (χ2v) is 15.2. The molecule has 3 heterocycles. The zero-order valence-corrected chi connectivity index (χ0v) is 34.7. The quantitative estimate of drug-likeness (QED) is 0.105. The van der Waals surface area contributed by atoms with E-state index < -0.39 is 52.7 Å². The Morgan fingerprint density at radius 3 is 2.18 bits per heavy atom. The summed E-state index contributed by atoms with van der Waals surface area (Å²) in [4.78, 5) is 40.9. The topological polar surface area (TPSA) is 214 Å². The summed E-state index contributed by atoms with van der Waals surface area (Å²) < 4.78 is 80.3. The van der Waals surface area contributed by atoms with Crippen LogP contribution in [0.25, 0.3) is 16.6 Å². The van der Waals surface area contributed by atoms with E-state index in [9.17, 15) is 36.0 Å². The Bertz CT molecular complexity index is 2690. The largest absolute Gasteiger partial charge is 0.480 e. The Balaban J connectivity index is 0.000000201. The van der Waals surface area contributed by atoms with Crippen LogP contribution < -0.4 is 24.6 Å². The van der Waals surface area contributed by atoms with Crippen LogP contribution in [0.4, 0.5) is 18.9 Å². The van der Waals surface area contributed by atoms with Gasteiger partial charge in [-0.25, -0.2) is 36.7 Å². The van der Waals surface area contributed by atoms with E-state index in [0.29, 0.717) is 32.5 Å². The number of nitrogens with zero attached hydrogens (tertiary/aromatic N) is 5. The van der Waals surface area contributed by atoms with Crippen LogP contribution in [0.2, 0.25) is 20.1 Å². The van der Waals surface area contributed by atoms with Gasteiger partial charge in [0.2, 0.25) is 10.0 Å². The highest BCUT2D eigenvalue weighted by Crippen LogP contribution is 2.32. The number of rotatable bonds is 12. The highest BCUT2D eigenvalue weighted by molar-refractivity contribution is 7.92. The van der Waals surface area contributed by atoms with Crippen molar-refractivity contribution in [1.82, 2.24) is 24.3 Å². The number of halogens is 7. The van der Waals surface area contributed by atoms with E-state index in [-0.39, 0.29) is 42.7 Å².